The van der Waals surface area contributed by atoms with Gasteiger partial charge in [0, 0.05) is 32.7 Å². The van der Waals surface area contributed by atoms with Crippen molar-refractivity contribution in [2.75, 3.05) is 0 Å². The van der Waals surface area contributed by atoms with Gasteiger partial charge in [0.05, 0.1) is 11.6 Å². The minimum Gasteiger partial charge on any atom is -0.271 e. The lowest BCUT2D eigenvalue weighted by molar-refractivity contribution is 0.558. The SMILES string of the molecule is NNC(Cc1cc(Br)cs1)c1cccc2cccnc12. The zero-order valence-electron chi connectivity index (χ0n) is 10.7. The number of benzene rings is 1. The first kappa shape index (κ1) is 13.7. The van der Waals surface area contributed by atoms with E-state index < -0.39 is 0 Å². The third-order valence-corrected chi connectivity index (χ3v) is 4.99. The van der Waals surface area contributed by atoms with E-state index in [-0.39, 0.29) is 6.04 Å². The predicted octanol–water partition coefficient (Wildman–Crippen LogP) is 3.81. The smallest absolute Gasteiger partial charge is 0.0750 e. The number of nitrogens with two attached hydrogens (primary N) is 1. The van der Waals surface area contributed by atoms with E-state index in [1.165, 1.54) is 4.88 Å². The number of thiophene rings is 1. The molecular weight excluding hydrogens is 334 g/mol. The van der Waals surface area contributed by atoms with Crippen LogP contribution in [0.3, 0.4) is 0 Å². The summed E-state index contributed by atoms with van der Waals surface area (Å²) in [7, 11) is 0. The van der Waals surface area contributed by atoms with Crippen LogP contribution in [0.2, 0.25) is 0 Å². The number of para-hydroxylation sites is 1. The Balaban J connectivity index is 1.98. The second-order valence-corrected chi connectivity index (χ2v) is 6.49. The number of aromatic nitrogens is 1. The zero-order chi connectivity index (χ0) is 13.9. The van der Waals surface area contributed by atoms with Crippen LogP contribution in [-0.2, 0) is 6.42 Å². The molecule has 0 radical (unpaired) electrons. The Morgan fingerprint density at radius 2 is 2.15 bits per heavy atom. The summed E-state index contributed by atoms with van der Waals surface area (Å²) >= 11 is 5.22. The highest BCUT2D eigenvalue weighted by Gasteiger charge is 2.15. The first-order valence-corrected chi connectivity index (χ1v) is 7.98. The zero-order valence-corrected chi connectivity index (χ0v) is 13.1. The Hall–Kier alpha value is -1.27. The molecule has 102 valence electrons. The fraction of sp³-hybridized carbons (Fsp3) is 0.133. The van der Waals surface area contributed by atoms with Gasteiger partial charge in [-0.2, -0.15) is 0 Å². The third kappa shape index (κ3) is 2.76. The fourth-order valence-electron chi connectivity index (χ4n) is 2.33. The molecule has 2 aromatic heterocycles. The van der Waals surface area contributed by atoms with Crippen LogP contribution in [0.4, 0.5) is 0 Å². The number of hydrogen-bond acceptors (Lipinski definition) is 4. The molecule has 0 spiro atoms. The van der Waals surface area contributed by atoms with Crippen LogP contribution in [0.25, 0.3) is 10.9 Å². The fourth-order valence-corrected chi connectivity index (χ4v) is 3.83. The average Bonchev–Trinajstić information content (AvgIpc) is 2.89. The molecule has 1 aromatic carbocycles. The van der Waals surface area contributed by atoms with E-state index in [4.69, 9.17) is 5.84 Å². The molecule has 20 heavy (non-hydrogen) atoms. The van der Waals surface area contributed by atoms with Crippen molar-refractivity contribution in [2.24, 2.45) is 5.84 Å². The van der Waals surface area contributed by atoms with E-state index in [1.807, 2.05) is 18.3 Å². The van der Waals surface area contributed by atoms with Crippen molar-refractivity contribution in [2.45, 2.75) is 12.5 Å². The van der Waals surface area contributed by atoms with Gasteiger partial charge in [-0.05, 0) is 33.6 Å². The highest BCUT2D eigenvalue weighted by atomic mass is 79.9. The van der Waals surface area contributed by atoms with Gasteiger partial charge in [-0.1, -0.05) is 24.3 Å². The van der Waals surface area contributed by atoms with Crippen molar-refractivity contribution in [3.63, 3.8) is 0 Å². The maximum Gasteiger partial charge on any atom is 0.0750 e. The molecule has 0 fully saturated rings. The lowest BCUT2D eigenvalue weighted by atomic mass is 10.00. The molecular formula is C15H14BrN3S. The summed E-state index contributed by atoms with van der Waals surface area (Å²) in [5.41, 5.74) is 5.06. The van der Waals surface area contributed by atoms with Gasteiger partial charge in [0.1, 0.15) is 0 Å². The summed E-state index contributed by atoms with van der Waals surface area (Å²) < 4.78 is 1.12. The van der Waals surface area contributed by atoms with E-state index in [0.717, 1.165) is 27.4 Å². The lowest BCUT2D eigenvalue weighted by Crippen LogP contribution is -2.29. The van der Waals surface area contributed by atoms with Crippen LogP contribution in [-0.4, -0.2) is 4.98 Å². The number of hydrogen-bond donors (Lipinski definition) is 2. The van der Waals surface area contributed by atoms with E-state index >= 15 is 0 Å². The highest BCUT2D eigenvalue weighted by Crippen LogP contribution is 2.28. The molecule has 3 N–H and O–H groups in total. The lowest BCUT2D eigenvalue weighted by Gasteiger charge is -2.17. The van der Waals surface area contributed by atoms with Crippen molar-refractivity contribution in [3.05, 3.63) is 62.9 Å². The second-order valence-electron chi connectivity index (χ2n) is 4.58. The van der Waals surface area contributed by atoms with Crippen LogP contribution in [0.15, 0.2) is 52.4 Å². The van der Waals surface area contributed by atoms with E-state index in [9.17, 15) is 0 Å². The Bertz CT molecular complexity index is 720. The van der Waals surface area contributed by atoms with Crippen molar-refractivity contribution in [1.29, 1.82) is 0 Å². The summed E-state index contributed by atoms with van der Waals surface area (Å²) in [4.78, 5) is 5.78. The van der Waals surface area contributed by atoms with Crippen molar-refractivity contribution in [3.8, 4) is 0 Å². The molecule has 3 aromatic rings. The number of halogens is 1. The first-order chi connectivity index (χ1) is 9.78. The van der Waals surface area contributed by atoms with Gasteiger partial charge in [0.25, 0.3) is 0 Å². The van der Waals surface area contributed by atoms with Crippen LogP contribution < -0.4 is 11.3 Å². The molecule has 3 rings (SSSR count). The largest absolute Gasteiger partial charge is 0.271 e. The van der Waals surface area contributed by atoms with E-state index in [1.54, 1.807) is 11.3 Å². The molecule has 0 saturated heterocycles. The number of pyridine rings is 1. The van der Waals surface area contributed by atoms with Gasteiger partial charge < -0.3 is 0 Å². The molecule has 0 bridgehead atoms. The maximum atomic E-state index is 5.77. The van der Waals surface area contributed by atoms with Gasteiger partial charge in [0.2, 0.25) is 0 Å². The van der Waals surface area contributed by atoms with Crippen LogP contribution >= 0.6 is 27.3 Å². The van der Waals surface area contributed by atoms with Gasteiger partial charge >= 0.3 is 0 Å². The second kappa shape index (κ2) is 6.01. The summed E-state index contributed by atoms with van der Waals surface area (Å²) in [6, 6.07) is 12.4. The molecule has 1 atom stereocenters. The average molecular weight is 348 g/mol. The van der Waals surface area contributed by atoms with Crippen molar-refractivity contribution < 1.29 is 0 Å². The molecule has 0 aliphatic carbocycles. The van der Waals surface area contributed by atoms with Crippen LogP contribution in [0, 0.1) is 0 Å². The van der Waals surface area contributed by atoms with Gasteiger partial charge in [-0.3, -0.25) is 16.3 Å². The minimum atomic E-state index is 0.0548. The van der Waals surface area contributed by atoms with Gasteiger partial charge in [-0.25, -0.2) is 0 Å². The molecule has 0 amide bonds. The summed E-state index contributed by atoms with van der Waals surface area (Å²) in [5.74, 6) is 5.77. The summed E-state index contributed by atoms with van der Waals surface area (Å²) in [6.07, 6.45) is 2.67. The topological polar surface area (TPSA) is 50.9 Å². The normalized spacial score (nSPS) is 12.7. The minimum absolute atomic E-state index is 0.0548. The van der Waals surface area contributed by atoms with Crippen LogP contribution in [0.5, 0.6) is 0 Å². The molecule has 2 heterocycles. The quantitative estimate of drug-likeness (QED) is 0.557. The van der Waals surface area contributed by atoms with E-state index in [0.29, 0.717) is 0 Å². The Kier molecular flexibility index (Phi) is 4.12. The molecule has 0 saturated carbocycles. The Morgan fingerprint density at radius 3 is 2.90 bits per heavy atom. The number of nitrogens with one attached hydrogen (secondary N) is 1. The summed E-state index contributed by atoms with van der Waals surface area (Å²) in [6.45, 7) is 0. The third-order valence-electron chi connectivity index (χ3n) is 3.27. The maximum absolute atomic E-state index is 5.77. The van der Waals surface area contributed by atoms with Crippen molar-refractivity contribution >= 4 is 38.2 Å². The molecule has 0 aliphatic rings. The number of hydrazine groups is 1. The number of nitrogens with zero attached hydrogens (tertiary/aromatic N) is 1. The molecule has 5 heteroatoms. The van der Waals surface area contributed by atoms with Gasteiger partial charge in [0.15, 0.2) is 0 Å². The highest BCUT2D eigenvalue weighted by molar-refractivity contribution is 9.10. The van der Waals surface area contributed by atoms with E-state index in [2.05, 4.69) is 56.0 Å². The predicted molar refractivity (Wildman–Crippen MR) is 87.5 cm³/mol. The molecule has 1 unspecified atom stereocenters. The van der Waals surface area contributed by atoms with Crippen LogP contribution in [0.1, 0.15) is 16.5 Å². The Labute approximate surface area is 129 Å². The van der Waals surface area contributed by atoms with Crippen molar-refractivity contribution in [1.82, 2.24) is 10.4 Å². The monoisotopic (exact) mass is 347 g/mol. The standard InChI is InChI=1S/C15H14BrN3S/c16-11-7-12(20-9-11)8-14(19-17)13-5-1-3-10-4-2-6-18-15(10)13/h1-7,9,14,19H,8,17H2. The van der Waals surface area contributed by atoms with Gasteiger partial charge in [-0.15, -0.1) is 11.3 Å². The molecule has 3 nitrogen and oxygen atoms in total. The first-order valence-electron chi connectivity index (χ1n) is 6.30. The number of rotatable bonds is 4. The summed E-state index contributed by atoms with van der Waals surface area (Å²) in [5, 5.41) is 3.22. The Morgan fingerprint density at radius 1 is 1.30 bits per heavy atom. The molecule has 0 aliphatic heterocycles. The number of fused-ring (bicyclic) bond motifs is 1.